The topological polar surface area (TPSA) is 71.1 Å². The van der Waals surface area contributed by atoms with Crippen molar-refractivity contribution in [1.29, 1.82) is 0 Å². The van der Waals surface area contributed by atoms with Gasteiger partial charge in [-0.1, -0.05) is 6.07 Å². The average Bonchev–Trinajstić information content (AvgIpc) is 3.67. The van der Waals surface area contributed by atoms with Gasteiger partial charge < -0.3 is 10.6 Å². The minimum atomic E-state index is -5.07. The summed E-state index contributed by atoms with van der Waals surface area (Å²) in [6.07, 6.45) is -7.20. The van der Waals surface area contributed by atoms with E-state index < -0.39 is 53.2 Å². The fourth-order valence-corrected chi connectivity index (χ4v) is 3.71. The van der Waals surface area contributed by atoms with Gasteiger partial charge in [-0.2, -0.15) is 26.3 Å². The maximum absolute atomic E-state index is 14.5. The number of nitrogens with one attached hydrogen (secondary N) is 2. The smallest absolute Gasteiger partial charge is 0.349 e. The molecule has 0 atom stereocenters. The van der Waals surface area contributed by atoms with E-state index in [1.54, 1.807) is 0 Å². The van der Waals surface area contributed by atoms with Crippen LogP contribution >= 0.6 is 0 Å². The van der Waals surface area contributed by atoms with Gasteiger partial charge >= 0.3 is 12.4 Å². The van der Waals surface area contributed by atoms with E-state index in [0.717, 1.165) is 25.1 Å². The van der Waals surface area contributed by atoms with Crippen molar-refractivity contribution >= 4 is 11.8 Å². The molecule has 12 heteroatoms. The first-order chi connectivity index (χ1) is 17.7. The molecule has 0 aliphatic heterocycles. The van der Waals surface area contributed by atoms with Crippen molar-refractivity contribution in [3.63, 3.8) is 0 Å². The molecule has 1 aliphatic carbocycles. The third-order valence-electron chi connectivity index (χ3n) is 6.00. The molecular weight excluding hydrogens is 519 g/mol. The van der Waals surface area contributed by atoms with Crippen molar-refractivity contribution < 1.29 is 40.3 Å². The average molecular weight is 539 g/mol. The van der Waals surface area contributed by atoms with Gasteiger partial charge in [-0.05, 0) is 67.3 Å². The van der Waals surface area contributed by atoms with Crippen molar-refractivity contribution in [2.75, 3.05) is 0 Å². The van der Waals surface area contributed by atoms with Crippen LogP contribution in [0.3, 0.4) is 0 Å². The van der Waals surface area contributed by atoms with Crippen LogP contribution in [-0.2, 0) is 18.9 Å². The van der Waals surface area contributed by atoms with E-state index in [0.29, 0.717) is 17.7 Å². The standard InChI is InChI=1S/C26H20F7N3O2/c1-13-19(8-16(9-21(13)27)24(38)36-18-5-6-18)22-7-3-15(12-34-22)23(37)35-11-14-2-4-17(25(28,29)30)10-20(14)26(31,32)33/h2-4,7-10,12,18H,5-6,11H2,1H3,(H,35,37)(H,36,38). The number of aromatic nitrogens is 1. The minimum absolute atomic E-state index is 0.00165. The van der Waals surface area contributed by atoms with Crippen molar-refractivity contribution in [2.24, 2.45) is 0 Å². The molecule has 2 aromatic carbocycles. The SMILES string of the molecule is Cc1c(F)cc(C(=O)NC2CC2)cc1-c1ccc(C(=O)NCc2ccc(C(F)(F)F)cc2C(F)(F)F)cn1. The van der Waals surface area contributed by atoms with Gasteiger partial charge in [0.15, 0.2) is 0 Å². The highest BCUT2D eigenvalue weighted by atomic mass is 19.4. The fourth-order valence-electron chi connectivity index (χ4n) is 3.71. The zero-order valence-electron chi connectivity index (χ0n) is 19.7. The van der Waals surface area contributed by atoms with Crippen LogP contribution in [0.4, 0.5) is 30.7 Å². The Morgan fingerprint density at radius 2 is 1.63 bits per heavy atom. The molecule has 1 saturated carbocycles. The Morgan fingerprint density at radius 3 is 2.21 bits per heavy atom. The lowest BCUT2D eigenvalue weighted by Gasteiger charge is -2.16. The number of nitrogens with zero attached hydrogens (tertiary/aromatic N) is 1. The molecule has 0 bridgehead atoms. The molecule has 5 nitrogen and oxygen atoms in total. The third-order valence-corrected chi connectivity index (χ3v) is 6.00. The first kappa shape index (κ1) is 27.1. The van der Waals surface area contributed by atoms with Gasteiger partial charge in [0.05, 0.1) is 22.4 Å². The van der Waals surface area contributed by atoms with Crippen LogP contribution in [0, 0.1) is 12.7 Å². The molecule has 2 amide bonds. The van der Waals surface area contributed by atoms with Crippen LogP contribution in [0.2, 0.25) is 0 Å². The Bertz CT molecular complexity index is 1380. The van der Waals surface area contributed by atoms with Crippen LogP contribution in [0.15, 0.2) is 48.7 Å². The van der Waals surface area contributed by atoms with Crippen molar-refractivity contribution in [3.05, 3.63) is 87.9 Å². The van der Waals surface area contributed by atoms with E-state index in [1.165, 1.54) is 25.1 Å². The zero-order valence-corrected chi connectivity index (χ0v) is 19.7. The predicted octanol–water partition coefficient (Wildman–Crippen LogP) is 6.06. The van der Waals surface area contributed by atoms with Crippen LogP contribution in [0.1, 0.15) is 55.8 Å². The van der Waals surface area contributed by atoms with Gasteiger partial charge in [-0.15, -0.1) is 0 Å². The molecular formula is C26H20F7N3O2. The Hall–Kier alpha value is -3.96. The van der Waals surface area contributed by atoms with Crippen molar-refractivity contribution in [2.45, 2.75) is 44.7 Å². The molecule has 1 aromatic heterocycles. The maximum Gasteiger partial charge on any atom is 0.416 e. The third kappa shape index (κ3) is 6.12. The molecule has 0 spiro atoms. The first-order valence-electron chi connectivity index (χ1n) is 11.4. The van der Waals surface area contributed by atoms with Gasteiger partial charge in [-0.25, -0.2) is 4.39 Å². The van der Waals surface area contributed by atoms with Gasteiger partial charge in [-0.3, -0.25) is 14.6 Å². The number of alkyl halides is 6. The summed E-state index contributed by atoms with van der Waals surface area (Å²) < 4.78 is 93.1. The minimum Gasteiger partial charge on any atom is -0.349 e. The second kappa shape index (κ2) is 10.1. The van der Waals surface area contributed by atoms with Crippen LogP contribution in [0.5, 0.6) is 0 Å². The summed E-state index contributed by atoms with van der Waals surface area (Å²) in [6, 6.07) is 6.53. The highest BCUT2D eigenvalue weighted by molar-refractivity contribution is 5.96. The Kier molecular flexibility index (Phi) is 7.18. The number of halogens is 7. The summed E-state index contributed by atoms with van der Waals surface area (Å²) in [4.78, 5) is 29.0. The Labute approximate surface area is 212 Å². The van der Waals surface area contributed by atoms with Gasteiger partial charge in [0.25, 0.3) is 11.8 Å². The fraction of sp³-hybridized carbons (Fsp3) is 0.269. The first-order valence-corrected chi connectivity index (χ1v) is 11.4. The number of carbonyl (C=O) groups excluding carboxylic acids is 2. The highest BCUT2D eigenvalue weighted by Gasteiger charge is 2.38. The molecule has 1 fully saturated rings. The number of hydrogen-bond acceptors (Lipinski definition) is 3. The second-order valence-corrected chi connectivity index (χ2v) is 8.86. The number of hydrogen-bond donors (Lipinski definition) is 2. The molecule has 1 aliphatic rings. The highest BCUT2D eigenvalue weighted by Crippen LogP contribution is 2.37. The molecule has 0 unspecified atom stereocenters. The summed E-state index contributed by atoms with van der Waals surface area (Å²) >= 11 is 0. The molecule has 0 radical (unpaired) electrons. The lowest BCUT2D eigenvalue weighted by molar-refractivity contribution is -0.143. The number of pyridine rings is 1. The number of carbonyl (C=O) groups is 2. The molecule has 38 heavy (non-hydrogen) atoms. The van der Waals surface area contributed by atoms with Crippen LogP contribution in [-0.4, -0.2) is 22.8 Å². The van der Waals surface area contributed by atoms with E-state index in [-0.39, 0.29) is 34.5 Å². The molecule has 4 rings (SSSR count). The largest absolute Gasteiger partial charge is 0.416 e. The van der Waals surface area contributed by atoms with E-state index in [9.17, 15) is 40.3 Å². The Morgan fingerprint density at radius 1 is 0.921 bits per heavy atom. The zero-order chi connectivity index (χ0) is 27.8. The van der Waals surface area contributed by atoms with Crippen molar-refractivity contribution in [3.8, 4) is 11.3 Å². The van der Waals surface area contributed by atoms with Gasteiger partial charge in [0.2, 0.25) is 0 Å². The predicted molar refractivity (Wildman–Crippen MR) is 122 cm³/mol. The van der Waals surface area contributed by atoms with Gasteiger partial charge in [0, 0.05) is 29.9 Å². The quantitative estimate of drug-likeness (QED) is 0.375. The second-order valence-electron chi connectivity index (χ2n) is 8.86. The van der Waals surface area contributed by atoms with E-state index in [4.69, 9.17) is 0 Å². The normalized spacial score (nSPS) is 13.8. The maximum atomic E-state index is 14.5. The molecule has 0 saturated heterocycles. The van der Waals surface area contributed by atoms with Gasteiger partial charge in [0.1, 0.15) is 5.82 Å². The summed E-state index contributed by atoms with van der Waals surface area (Å²) in [5.41, 5.74) is -2.66. The summed E-state index contributed by atoms with van der Waals surface area (Å²) in [5.74, 6) is -1.87. The van der Waals surface area contributed by atoms with E-state index in [1.807, 2.05) is 0 Å². The lowest BCUT2D eigenvalue weighted by Crippen LogP contribution is -2.25. The number of benzene rings is 2. The molecule has 200 valence electrons. The summed E-state index contributed by atoms with van der Waals surface area (Å²) in [6.45, 7) is 0.813. The molecule has 3 aromatic rings. The monoisotopic (exact) mass is 539 g/mol. The summed E-state index contributed by atoms with van der Waals surface area (Å²) in [7, 11) is 0. The van der Waals surface area contributed by atoms with E-state index in [2.05, 4.69) is 15.6 Å². The van der Waals surface area contributed by atoms with Crippen LogP contribution < -0.4 is 10.6 Å². The Balaban J connectivity index is 1.51. The number of amides is 2. The van der Waals surface area contributed by atoms with Crippen molar-refractivity contribution in [1.82, 2.24) is 15.6 Å². The van der Waals surface area contributed by atoms with Crippen LogP contribution in [0.25, 0.3) is 11.3 Å². The van der Waals surface area contributed by atoms with E-state index >= 15 is 0 Å². The number of rotatable bonds is 6. The molecule has 1 heterocycles. The summed E-state index contributed by atoms with van der Waals surface area (Å²) in [5, 5.41) is 5.01. The lowest BCUT2D eigenvalue weighted by atomic mass is 10.00. The molecule has 2 N–H and O–H groups in total.